The average molecular weight is 548 g/mol. The first-order chi connectivity index (χ1) is 19.0. The van der Waals surface area contributed by atoms with Crippen LogP contribution in [0.4, 0.5) is 5.69 Å². The van der Waals surface area contributed by atoms with Crippen LogP contribution in [-0.4, -0.2) is 53.2 Å². The van der Waals surface area contributed by atoms with Crippen molar-refractivity contribution in [3.63, 3.8) is 0 Å². The number of carbonyl (C=O) groups is 2. The molecule has 0 aliphatic carbocycles. The van der Waals surface area contributed by atoms with Gasteiger partial charge in [-0.3, -0.25) is 14.2 Å². The lowest BCUT2D eigenvalue weighted by atomic mass is 10.2. The third-order valence-corrected chi connectivity index (χ3v) is 6.45. The normalized spacial score (nSPS) is 10.5. The van der Waals surface area contributed by atoms with Crippen LogP contribution in [0.2, 0.25) is 0 Å². The van der Waals surface area contributed by atoms with Gasteiger partial charge in [-0.2, -0.15) is 0 Å². The number of anilines is 1. The Morgan fingerprint density at radius 3 is 2.46 bits per heavy atom. The molecule has 10 nitrogen and oxygen atoms in total. The van der Waals surface area contributed by atoms with Crippen LogP contribution in [0.3, 0.4) is 0 Å². The van der Waals surface area contributed by atoms with Crippen molar-refractivity contribution < 1.29 is 23.8 Å². The molecule has 2 amide bonds. The molecule has 0 atom stereocenters. The molecule has 0 bridgehead atoms. The third kappa shape index (κ3) is 7.51. The van der Waals surface area contributed by atoms with E-state index in [0.717, 1.165) is 11.3 Å². The maximum Gasteiger partial charge on any atom is 0.258 e. The van der Waals surface area contributed by atoms with Gasteiger partial charge in [-0.25, -0.2) is 0 Å². The predicted molar refractivity (Wildman–Crippen MR) is 149 cm³/mol. The van der Waals surface area contributed by atoms with Crippen molar-refractivity contribution in [3.05, 3.63) is 84.2 Å². The van der Waals surface area contributed by atoms with Gasteiger partial charge in [0.05, 0.1) is 32.2 Å². The zero-order valence-electron chi connectivity index (χ0n) is 21.8. The number of aromatic nitrogens is 3. The van der Waals surface area contributed by atoms with Crippen LogP contribution in [0, 0.1) is 6.92 Å². The summed E-state index contributed by atoms with van der Waals surface area (Å²) in [5, 5.41) is 14.8. The number of benzene rings is 3. The fraction of sp³-hybridized carbons (Fsp3) is 0.214. The SMILES string of the molecule is COc1ccc(OC)c(-n2c(CNC(=O)COc3ccccc3)nnc2SCC(=O)Nc2cccc(C)c2)c1. The van der Waals surface area contributed by atoms with E-state index in [4.69, 9.17) is 14.2 Å². The number of amides is 2. The van der Waals surface area contributed by atoms with Crippen LogP contribution in [0.5, 0.6) is 17.2 Å². The van der Waals surface area contributed by atoms with Gasteiger partial charge in [-0.15, -0.1) is 10.2 Å². The zero-order valence-corrected chi connectivity index (χ0v) is 22.7. The number of thioether (sulfide) groups is 1. The van der Waals surface area contributed by atoms with Gasteiger partial charge in [0.2, 0.25) is 5.91 Å². The summed E-state index contributed by atoms with van der Waals surface area (Å²) in [6.07, 6.45) is 0. The van der Waals surface area contributed by atoms with E-state index in [1.807, 2.05) is 49.4 Å². The largest absolute Gasteiger partial charge is 0.497 e. The van der Waals surface area contributed by atoms with Crippen molar-refractivity contribution in [1.29, 1.82) is 0 Å². The number of nitrogens with one attached hydrogen (secondary N) is 2. The Balaban J connectivity index is 1.52. The molecule has 0 saturated heterocycles. The van der Waals surface area contributed by atoms with E-state index in [9.17, 15) is 9.59 Å². The molecule has 1 aromatic heterocycles. The molecule has 202 valence electrons. The van der Waals surface area contributed by atoms with E-state index < -0.39 is 0 Å². The molecule has 4 rings (SSSR count). The summed E-state index contributed by atoms with van der Waals surface area (Å²) in [4.78, 5) is 25.2. The van der Waals surface area contributed by atoms with Crippen molar-refractivity contribution in [2.24, 2.45) is 0 Å². The summed E-state index contributed by atoms with van der Waals surface area (Å²) in [7, 11) is 3.12. The molecule has 0 radical (unpaired) electrons. The maximum absolute atomic E-state index is 12.7. The van der Waals surface area contributed by atoms with E-state index in [1.165, 1.54) is 11.8 Å². The summed E-state index contributed by atoms with van der Waals surface area (Å²) in [5.41, 5.74) is 2.37. The van der Waals surface area contributed by atoms with Gasteiger partial charge in [0.25, 0.3) is 5.91 Å². The van der Waals surface area contributed by atoms with Gasteiger partial charge >= 0.3 is 0 Å². The van der Waals surface area contributed by atoms with Crippen molar-refractivity contribution in [2.45, 2.75) is 18.6 Å². The monoisotopic (exact) mass is 547 g/mol. The van der Waals surface area contributed by atoms with Crippen LogP contribution in [0.15, 0.2) is 78.0 Å². The number of nitrogens with zero attached hydrogens (tertiary/aromatic N) is 3. The van der Waals surface area contributed by atoms with Crippen LogP contribution >= 0.6 is 11.8 Å². The molecule has 0 saturated carbocycles. The molecule has 3 aromatic carbocycles. The standard InChI is InChI=1S/C28H29N5O5S/c1-19-8-7-9-20(14-19)30-27(35)18-39-28-32-31-25(16-29-26(34)17-38-21-10-5-4-6-11-21)33(28)23-15-22(36-2)12-13-24(23)37-3/h4-15H,16-18H2,1-3H3,(H,29,34)(H,30,35). The Labute approximate surface area is 230 Å². The molecule has 0 fully saturated rings. The Morgan fingerprint density at radius 1 is 0.897 bits per heavy atom. The lowest BCUT2D eigenvalue weighted by molar-refractivity contribution is -0.123. The summed E-state index contributed by atoms with van der Waals surface area (Å²) >= 11 is 1.21. The Kier molecular flexibility index (Phi) is 9.41. The molecule has 0 aliphatic heterocycles. The Morgan fingerprint density at radius 2 is 1.72 bits per heavy atom. The number of hydrogen-bond donors (Lipinski definition) is 2. The number of para-hydroxylation sites is 1. The second kappa shape index (κ2) is 13.3. The summed E-state index contributed by atoms with van der Waals surface area (Å²) in [6, 6.07) is 22.0. The van der Waals surface area contributed by atoms with E-state index in [0.29, 0.717) is 33.9 Å². The third-order valence-electron chi connectivity index (χ3n) is 5.52. The predicted octanol–water partition coefficient (Wildman–Crippen LogP) is 4.02. The molecule has 0 unspecified atom stereocenters. The van der Waals surface area contributed by atoms with Crippen LogP contribution in [-0.2, 0) is 16.1 Å². The van der Waals surface area contributed by atoms with Crippen molar-refractivity contribution in [1.82, 2.24) is 20.1 Å². The minimum atomic E-state index is -0.322. The zero-order chi connectivity index (χ0) is 27.6. The average Bonchev–Trinajstić information content (AvgIpc) is 3.36. The van der Waals surface area contributed by atoms with Gasteiger partial charge in [-0.05, 0) is 48.9 Å². The van der Waals surface area contributed by atoms with Crippen LogP contribution in [0.1, 0.15) is 11.4 Å². The Bertz CT molecular complexity index is 1430. The minimum absolute atomic E-state index is 0.0698. The highest BCUT2D eigenvalue weighted by atomic mass is 32.2. The van der Waals surface area contributed by atoms with E-state index in [2.05, 4.69) is 20.8 Å². The lowest BCUT2D eigenvalue weighted by Crippen LogP contribution is -2.29. The highest BCUT2D eigenvalue weighted by Crippen LogP contribution is 2.32. The number of ether oxygens (including phenoxy) is 3. The first-order valence-electron chi connectivity index (χ1n) is 12.1. The molecule has 39 heavy (non-hydrogen) atoms. The molecule has 2 N–H and O–H groups in total. The molecule has 4 aromatic rings. The van der Waals surface area contributed by atoms with Crippen LogP contribution < -0.4 is 24.8 Å². The molecule has 0 aliphatic rings. The van der Waals surface area contributed by atoms with Gasteiger partial charge in [0, 0.05) is 11.8 Å². The van der Waals surface area contributed by atoms with Crippen molar-refractivity contribution >= 4 is 29.3 Å². The summed E-state index contributed by atoms with van der Waals surface area (Å²) in [6.45, 7) is 1.88. The van der Waals surface area contributed by atoms with Gasteiger partial charge in [-0.1, -0.05) is 42.1 Å². The van der Waals surface area contributed by atoms with Crippen molar-refractivity contribution in [3.8, 4) is 22.9 Å². The number of methoxy groups -OCH3 is 2. The number of aryl methyl sites for hydroxylation is 1. The number of carbonyl (C=O) groups excluding carboxylic acids is 2. The first kappa shape index (κ1) is 27.5. The van der Waals surface area contributed by atoms with Gasteiger partial charge in [0.15, 0.2) is 17.6 Å². The van der Waals surface area contributed by atoms with Crippen LogP contribution in [0.25, 0.3) is 5.69 Å². The first-order valence-corrected chi connectivity index (χ1v) is 13.1. The number of rotatable bonds is 12. The minimum Gasteiger partial charge on any atom is -0.497 e. The number of hydrogen-bond acceptors (Lipinski definition) is 8. The molecular formula is C28H29N5O5S. The summed E-state index contributed by atoms with van der Waals surface area (Å²) < 4.78 is 18.3. The molecule has 0 spiro atoms. The fourth-order valence-corrected chi connectivity index (χ4v) is 4.43. The quantitative estimate of drug-likeness (QED) is 0.256. The molecule has 11 heteroatoms. The smallest absolute Gasteiger partial charge is 0.258 e. The second-order valence-electron chi connectivity index (χ2n) is 8.36. The van der Waals surface area contributed by atoms with E-state index in [-0.39, 0.29) is 30.7 Å². The molecule has 1 heterocycles. The summed E-state index contributed by atoms with van der Waals surface area (Å²) in [5.74, 6) is 1.76. The van der Waals surface area contributed by atoms with Gasteiger partial charge < -0.3 is 24.8 Å². The van der Waals surface area contributed by atoms with E-state index >= 15 is 0 Å². The lowest BCUT2D eigenvalue weighted by Gasteiger charge is -2.15. The van der Waals surface area contributed by atoms with Gasteiger partial charge in [0.1, 0.15) is 17.2 Å². The second-order valence-corrected chi connectivity index (χ2v) is 9.30. The van der Waals surface area contributed by atoms with Crippen molar-refractivity contribution in [2.75, 3.05) is 31.9 Å². The highest BCUT2D eigenvalue weighted by Gasteiger charge is 2.20. The fourth-order valence-electron chi connectivity index (χ4n) is 3.67. The molecular weight excluding hydrogens is 518 g/mol. The van der Waals surface area contributed by atoms with E-state index in [1.54, 1.807) is 49.1 Å². The Hall–Kier alpha value is -4.51. The highest BCUT2D eigenvalue weighted by molar-refractivity contribution is 7.99. The maximum atomic E-state index is 12.7. The topological polar surface area (TPSA) is 117 Å².